The normalized spacial score (nSPS) is 15.5. The lowest BCUT2D eigenvalue weighted by Crippen LogP contribution is -2.42. The third-order valence-electron chi connectivity index (χ3n) is 1.28. The van der Waals surface area contributed by atoms with Gasteiger partial charge in [-0.3, -0.25) is 0 Å². The average molecular weight is 159 g/mol. The molecule has 2 unspecified atom stereocenters. The standard InChI is InChI=1S/C7H13NO3/c1-2-3-8-6(4-9)7(11)5-10/h4-8,11H,2-3H2,1H3. The summed E-state index contributed by atoms with van der Waals surface area (Å²) in [6.07, 6.45) is 0.519. The van der Waals surface area contributed by atoms with Crippen LogP contribution in [0.3, 0.4) is 0 Å². The largest absolute Gasteiger partial charge is 0.384 e. The average Bonchev–Trinajstić information content (AvgIpc) is 2.05. The van der Waals surface area contributed by atoms with Gasteiger partial charge >= 0.3 is 0 Å². The van der Waals surface area contributed by atoms with Crippen LogP contribution in [0.1, 0.15) is 13.3 Å². The fraction of sp³-hybridized carbons (Fsp3) is 0.714. The first-order valence-electron chi connectivity index (χ1n) is 3.58. The summed E-state index contributed by atoms with van der Waals surface area (Å²) < 4.78 is 0. The van der Waals surface area contributed by atoms with Crippen LogP contribution in [0.2, 0.25) is 0 Å². The minimum atomic E-state index is -1.22. The van der Waals surface area contributed by atoms with E-state index in [1.807, 2.05) is 6.92 Å². The Bertz CT molecular complexity index is 127. The van der Waals surface area contributed by atoms with Gasteiger partial charge in [0.2, 0.25) is 0 Å². The second kappa shape index (κ2) is 6.00. The minimum absolute atomic E-state index is 0.349. The van der Waals surface area contributed by atoms with E-state index in [4.69, 9.17) is 5.11 Å². The zero-order chi connectivity index (χ0) is 8.69. The summed E-state index contributed by atoms with van der Waals surface area (Å²) in [5.74, 6) is 0. The molecule has 2 N–H and O–H groups in total. The third kappa shape index (κ3) is 3.85. The lowest BCUT2D eigenvalue weighted by molar-refractivity contribution is -0.121. The summed E-state index contributed by atoms with van der Waals surface area (Å²) in [5.41, 5.74) is 0. The number of aliphatic hydroxyl groups is 1. The van der Waals surface area contributed by atoms with Gasteiger partial charge in [-0.1, -0.05) is 6.92 Å². The van der Waals surface area contributed by atoms with Crippen LogP contribution in [-0.4, -0.2) is 36.4 Å². The number of aldehydes is 2. The lowest BCUT2D eigenvalue weighted by atomic mass is 10.2. The fourth-order valence-electron chi connectivity index (χ4n) is 0.645. The Kier molecular flexibility index (Phi) is 5.60. The first-order valence-corrected chi connectivity index (χ1v) is 3.58. The van der Waals surface area contributed by atoms with E-state index in [-0.39, 0.29) is 0 Å². The Morgan fingerprint density at radius 1 is 1.45 bits per heavy atom. The third-order valence-corrected chi connectivity index (χ3v) is 1.28. The van der Waals surface area contributed by atoms with E-state index < -0.39 is 12.1 Å². The molecule has 11 heavy (non-hydrogen) atoms. The number of nitrogens with one attached hydrogen (secondary N) is 1. The number of aliphatic hydroxyl groups excluding tert-OH is 1. The smallest absolute Gasteiger partial charge is 0.150 e. The van der Waals surface area contributed by atoms with Gasteiger partial charge in [-0.05, 0) is 13.0 Å². The maximum atomic E-state index is 10.2. The number of carbonyl (C=O) groups excluding carboxylic acids is 2. The van der Waals surface area contributed by atoms with Crippen molar-refractivity contribution in [2.24, 2.45) is 0 Å². The van der Waals surface area contributed by atoms with Crippen LogP contribution in [0, 0.1) is 0 Å². The molecule has 0 saturated heterocycles. The topological polar surface area (TPSA) is 66.4 Å². The van der Waals surface area contributed by atoms with Crippen molar-refractivity contribution in [1.29, 1.82) is 0 Å². The molecule has 0 aliphatic heterocycles. The molecule has 0 amide bonds. The first kappa shape index (κ1) is 10.3. The molecule has 0 heterocycles. The van der Waals surface area contributed by atoms with Gasteiger partial charge in [0.05, 0.1) is 6.04 Å². The molecule has 0 aliphatic carbocycles. The van der Waals surface area contributed by atoms with Crippen LogP contribution in [0.5, 0.6) is 0 Å². The van der Waals surface area contributed by atoms with E-state index in [9.17, 15) is 9.59 Å². The summed E-state index contributed by atoms with van der Waals surface area (Å²) in [6, 6.07) is -0.757. The van der Waals surface area contributed by atoms with Crippen molar-refractivity contribution in [2.75, 3.05) is 6.54 Å². The van der Waals surface area contributed by atoms with Crippen LogP contribution >= 0.6 is 0 Å². The molecule has 0 saturated carbocycles. The molecule has 4 heteroatoms. The maximum Gasteiger partial charge on any atom is 0.150 e. The van der Waals surface area contributed by atoms with Crippen molar-refractivity contribution < 1.29 is 14.7 Å². The Morgan fingerprint density at radius 3 is 2.45 bits per heavy atom. The minimum Gasteiger partial charge on any atom is -0.384 e. The van der Waals surface area contributed by atoms with E-state index in [2.05, 4.69) is 5.32 Å². The molecule has 0 aromatic heterocycles. The predicted octanol–water partition coefficient (Wildman–Crippen LogP) is -0.887. The number of carbonyl (C=O) groups is 2. The fourth-order valence-corrected chi connectivity index (χ4v) is 0.645. The molecule has 0 aromatic carbocycles. The Morgan fingerprint density at radius 2 is 2.09 bits per heavy atom. The summed E-state index contributed by atoms with van der Waals surface area (Å²) in [4.78, 5) is 20.2. The SMILES string of the molecule is CCCNC(C=O)C(O)C=O. The van der Waals surface area contributed by atoms with Crippen LogP contribution in [0.25, 0.3) is 0 Å². The highest BCUT2D eigenvalue weighted by molar-refractivity contribution is 5.69. The lowest BCUT2D eigenvalue weighted by Gasteiger charge is -2.12. The van der Waals surface area contributed by atoms with E-state index in [1.54, 1.807) is 0 Å². The zero-order valence-corrected chi connectivity index (χ0v) is 6.49. The zero-order valence-electron chi connectivity index (χ0n) is 6.49. The van der Waals surface area contributed by atoms with Gasteiger partial charge in [0.15, 0.2) is 6.29 Å². The quantitative estimate of drug-likeness (QED) is 0.493. The molecule has 0 bridgehead atoms. The predicted molar refractivity (Wildman–Crippen MR) is 40.2 cm³/mol. The van der Waals surface area contributed by atoms with Gasteiger partial charge in [0.25, 0.3) is 0 Å². The van der Waals surface area contributed by atoms with Gasteiger partial charge < -0.3 is 20.0 Å². The molecular weight excluding hydrogens is 146 g/mol. The van der Waals surface area contributed by atoms with Crippen molar-refractivity contribution in [3.8, 4) is 0 Å². The van der Waals surface area contributed by atoms with Crippen molar-refractivity contribution in [1.82, 2.24) is 5.32 Å². The number of rotatable bonds is 6. The highest BCUT2D eigenvalue weighted by atomic mass is 16.3. The molecule has 64 valence electrons. The van der Waals surface area contributed by atoms with Gasteiger partial charge in [-0.25, -0.2) is 0 Å². The monoisotopic (exact) mass is 159 g/mol. The van der Waals surface area contributed by atoms with Gasteiger partial charge in [0, 0.05) is 0 Å². The molecular formula is C7H13NO3. The first-order chi connectivity index (χ1) is 5.26. The van der Waals surface area contributed by atoms with E-state index in [1.165, 1.54) is 0 Å². The number of hydrogen-bond donors (Lipinski definition) is 2. The molecule has 0 fully saturated rings. The highest BCUT2D eigenvalue weighted by Crippen LogP contribution is 1.86. The van der Waals surface area contributed by atoms with Crippen molar-refractivity contribution in [3.63, 3.8) is 0 Å². The van der Waals surface area contributed by atoms with Gasteiger partial charge in [-0.2, -0.15) is 0 Å². The molecule has 0 aliphatic rings. The van der Waals surface area contributed by atoms with Crippen LogP contribution in [-0.2, 0) is 9.59 Å². The highest BCUT2D eigenvalue weighted by Gasteiger charge is 2.15. The van der Waals surface area contributed by atoms with Crippen LogP contribution in [0.4, 0.5) is 0 Å². The van der Waals surface area contributed by atoms with Crippen molar-refractivity contribution >= 4 is 12.6 Å². The van der Waals surface area contributed by atoms with E-state index >= 15 is 0 Å². The Hall–Kier alpha value is -0.740. The summed E-state index contributed by atoms with van der Waals surface area (Å²) in [5, 5.41) is 11.6. The van der Waals surface area contributed by atoms with Crippen LogP contribution in [0.15, 0.2) is 0 Å². The summed E-state index contributed by atoms with van der Waals surface area (Å²) in [7, 11) is 0. The number of hydrogen-bond acceptors (Lipinski definition) is 4. The van der Waals surface area contributed by atoms with Crippen LogP contribution < -0.4 is 5.32 Å². The Balaban J connectivity index is 3.73. The molecule has 0 radical (unpaired) electrons. The van der Waals surface area contributed by atoms with Gasteiger partial charge in [-0.15, -0.1) is 0 Å². The van der Waals surface area contributed by atoms with Crippen molar-refractivity contribution in [3.05, 3.63) is 0 Å². The van der Waals surface area contributed by atoms with Crippen molar-refractivity contribution in [2.45, 2.75) is 25.5 Å². The molecule has 2 atom stereocenters. The van der Waals surface area contributed by atoms with Gasteiger partial charge in [0.1, 0.15) is 12.4 Å². The Labute approximate surface area is 65.6 Å². The second-order valence-electron chi connectivity index (χ2n) is 2.24. The van der Waals surface area contributed by atoms with E-state index in [0.717, 1.165) is 6.42 Å². The summed E-state index contributed by atoms with van der Waals surface area (Å²) in [6.45, 7) is 2.55. The second-order valence-corrected chi connectivity index (χ2v) is 2.24. The summed E-state index contributed by atoms with van der Waals surface area (Å²) >= 11 is 0. The molecule has 0 aromatic rings. The maximum absolute atomic E-state index is 10.2. The van der Waals surface area contributed by atoms with E-state index in [0.29, 0.717) is 19.1 Å². The molecule has 0 rings (SSSR count). The molecule has 4 nitrogen and oxygen atoms in total. The molecule has 0 spiro atoms.